The van der Waals surface area contributed by atoms with E-state index in [1.807, 2.05) is 0 Å². The summed E-state index contributed by atoms with van der Waals surface area (Å²) in [6.45, 7) is 0. The summed E-state index contributed by atoms with van der Waals surface area (Å²) in [5.41, 5.74) is 0. The van der Waals surface area contributed by atoms with Gasteiger partial charge < -0.3 is 9.00 Å². The molecule has 42 valence electrons. The van der Waals surface area contributed by atoms with Gasteiger partial charge in [-0.1, -0.05) is 0 Å². The molecular weight excluding hydrogens is 116 g/mol. The van der Waals surface area contributed by atoms with E-state index < -0.39 is 9.17 Å². The van der Waals surface area contributed by atoms with Crippen molar-refractivity contribution in [3.8, 4) is 0 Å². The molecule has 0 fully saturated rings. The van der Waals surface area contributed by atoms with Crippen LogP contribution in [0.4, 0.5) is 0 Å². The Kier molecular flexibility index (Phi) is 3.53. The van der Waals surface area contributed by atoms with Crippen molar-refractivity contribution in [2.75, 3.05) is 14.2 Å². The van der Waals surface area contributed by atoms with Crippen molar-refractivity contribution in [3.05, 3.63) is 0 Å². The lowest BCUT2D eigenvalue weighted by molar-refractivity contribution is -0.200. The molecule has 0 rings (SSSR count). The molecule has 0 atom stereocenters. The first-order valence-electron chi connectivity index (χ1n) is 1.60. The van der Waals surface area contributed by atoms with Gasteiger partial charge in [0.2, 0.25) is 0 Å². The Morgan fingerprint density at radius 3 is 2.14 bits per heavy atom. The van der Waals surface area contributed by atoms with Crippen molar-refractivity contribution >= 4 is 9.17 Å². The van der Waals surface area contributed by atoms with Gasteiger partial charge in [-0.2, -0.15) is 0 Å². The summed E-state index contributed by atoms with van der Waals surface area (Å²) < 4.78 is 18.2. The largest absolute Gasteiger partial charge is 0.800 e. The number of rotatable bonds is 3. The second-order valence-electron chi connectivity index (χ2n) is 0.704. The highest BCUT2D eigenvalue weighted by Crippen LogP contribution is 1.71. The second kappa shape index (κ2) is 3.76. The quantitative estimate of drug-likeness (QED) is 0.291. The minimum atomic E-state index is -2.35. The Morgan fingerprint density at radius 1 is 1.43 bits per heavy atom. The fraction of sp³-hybridized carbons (Fsp3) is 1.00. The van der Waals surface area contributed by atoms with Crippen LogP contribution in [0.5, 0.6) is 0 Å². The average Bonchev–Trinajstić information content (AvgIpc) is 1.68. The highest BCUT2D eigenvalue weighted by molar-refractivity contribution is 6.25. The summed E-state index contributed by atoms with van der Waals surface area (Å²) >= 11 is 0. The molecule has 0 aromatic heterocycles. The first-order chi connectivity index (χ1) is 3.31. The maximum Gasteiger partial charge on any atom is 0.800 e. The monoisotopic (exact) mass is 122 g/mol. The molecule has 0 saturated carbocycles. The zero-order chi connectivity index (χ0) is 5.70. The Morgan fingerprint density at radius 2 is 2.00 bits per heavy atom. The van der Waals surface area contributed by atoms with Crippen molar-refractivity contribution < 1.29 is 18.4 Å². The lowest BCUT2D eigenvalue weighted by Crippen LogP contribution is -2.07. The molecule has 5 heteroatoms. The molecule has 0 unspecified atom stereocenters. The second-order valence-corrected chi connectivity index (χ2v) is 1.78. The smallest absolute Gasteiger partial charge is 0.497 e. The highest BCUT2D eigenvalue weighted by Gasteiger charge is 2.06. The van der Waals surface area contributed by atoms with E-state index in [0.717, 1.165) is 0 Å². The first kappa shape index (κ1) is 6.58. The van der Waals surface area contributed by atoms with Crippen LogP contribution in [0.25, 0.3) is 0 Å². The standard InChI is InChI=1S/C2H6O4Si/c1-4-6-7(3)5-2/h1-2H3. The average molecular weight is 122 g/mol. The Bertz CT molecular complexity index is 62.7. The molecule has 0 aromatic rings. The molecule has 0 bridgehead atoms. The van der Waals surface area contributed by atoms with E-state index >= 15 is 0 Å². The Labute approximate surface area is 42.8 Å². The highest BCUT2D eigenvalue weighted by atomic mass is 28.3. The van der Waals surface area contributed by atoms with Crippen molar-refractivity contribution in [2.45, 2.75) is 0 Å². The third-order valence-corrected chi connectivity index (χ3v) is 0.954. The van der Waals surface area contributed by atoms with Gasteiger partial charge in [0.05, 0.1) is 14.2 Å². The van der Waals surface area contributed by atoms with Crippen LogP contribution in [-0.4, -0.2) is 23.4 Å². The summed E-state index contributed by atoms with van der Waals surface area (Å²) in [4.78, 5) is 4.00. The maximum absolute atomic E-state index is 10.0. The molecule has 0 aliphatic carbocycles. The lowest BCUT2D eigenvalue weighted by Gasteiger charge is -1.91. The molecule has 4 nitrogen and oxygen atoms in total. The molecule has 7 heavy (non-hydrogen) atoms. The van der Waals surface area contributed by atoms with Crippen LogP contribution in [0.1, 0.15) is 0 Å². The summed E-state index contributed by atoms with van der Waals surface area (Å²) in [5, 5.41) is 0. The van der Waals surface area contributed by atoms with Crippen molar-refractivity contribution in [2.24, 2.45) is 0 Å². The van der Waals surface area contributed by atoms with Gasteiger partial charge in [-0.15, -0.1) is 0 Å². The lowest BCUT2D eigenvalue weighted by atomic mass is 11.8. The first-order valence-corrected chi connectivity index (χ1v) is 2.82. The van der Waals surface area contributed by atoms with Crippen LogP contribution in [0.15, 0.2) is 0 Å². The van der Waals surface area contributed by atoms with Gasteiger partial charge in [-0.3, -0.25) is 4.46 Å². The third-order valence-electron chi connectivity index (χ3n) is 0.318. The molecule has 0 spiro atoms. The fourth-order valence-corrected chi connectivity index (χ4v) is 0.306. The number of hydrogen-bond acceptors (Lipinski definition) is 4. The molecule has 0 saturated heterocycles. The summed E-state index contributed by atoms with van der Waals surface area (Å²) in [6, 6.07) is 0. The summed E-state index contributed by atoms with van der Waals surface area (Å²) in [5.74, 6) is 0. The van der Waals surface area contributed by atoms with Crippen LogP contribution in [0.2, 0.25) is 0 Å². The van der Waals surface area contributed by atoms with E-state index in [4.69, 9.17) is 0 Å². The molecular formula is C2H6O4Si. The Balaban J connectivity index is 3.00. The molecule has 0 amide bonds. The van der Waals surface area contributed by atoms with Crippen molar-refractivity contribution in [1.82, 2.24) is 0 Å². The molecule has 0 heterocycles. The van der Waals surface area contributed by atoms with Gasteiger partial charge in [-0.05, 0) is 0 Å². The maximum atomic E-state index is 10.0. The molecule has 0 radical (unpaired) electrons. The van der Waals surface area contributed by atoms with Gasteiger partial charge in [-0.25, -0.2) is 4.89 Å². The predicted molar refractivity (Wildman–Crippen MR) is 21.5 cm³/mol. The van der Waals surface area contributed by atoms with E-state index in [1.165, 1.54) is 14.2 Å². The topological polar surface area (TPSA) is 44.8 Å². The zero-order valence-electron chi connectivity index (χ0n) is 4.13. The fourth-order valence-electron chi connectivity index (χ4n) is 0.102. The van der Waals surface area contributed by atoms with E-state index in [2.05, 4.69) is 13.9 Å². The molecule has 0 aliphatic rings. The van der Waals surface area contributed by atoms with Crippen molar-refractivity contribution in [3.63, 3.8) is 0 Å². The number of hydrogen-bond donors (Lipinski definition) is 0. The summed E-state index contributed by atoms with van der Waals surface area (Å²) in [7, 11) is 0.191. The normalized spacial score (nSPS) is 7.71. The minimum Gasteiger partial charge on any atom is -0.497 e. The van der Waals surface area contributed by atoms with Gasteiger partial charge in [0, 0.05) is 0 Å². The van der Waals surface area contributed by atoms with Crippen LogP contribution in [0, 0.1) is 0 Å². The van der Waals surface area contributed by atoms with Gasteiger partial charge >= 0.3 is 9.17 Å². The molecule has 0 N–H and O–H groups in total. The SMILES string of the molecule is COO[Si](=O)OC. The Hall–Kier alpha value is -0.423. The van der Waals surface area contributed by atoms with Crippen LogP contribution in [0.3, 0.4) is 0 Å². The van der Waals surface area contributed by atoms with Gasteiger partial charge in [0.15, 0.2) is 0 Å². The molecule has 0 aromatic carbocycles. The van der Waals surface area contributed by atoms with Crippen LogP contribution < -0.4 is 0 Å². The van der Waals surface area contributed by atoms with Gasteiger partial charge in [0.25, 0.3) is 0 Å². The van der Waals surface area contributed by atoms with E-state index in [1.54, 1.807) is 0 Å². The predicted octanol–water partition coefficient (Wildman–Crippen LogP) is -0.374. The zero-order valence-corrected chi connectivity index (χ0v) is 5.13. The van der Waals surface area contributed by atoms with Gasteiger partial charge in [0.1, 0.15) is 0 Å². The van der Waals surface area contributed by atoms with Crippen LogP contribution >= 0.6 is 0 Å². The van der Waals surface area contributed by atoms with E-state index in [0.29, 0.717) is 0 Å². The molecule has 0 aliphatic heterocycles. The summed E-state index contributed by atoms with van der Waals surface area (Å²) in [6.07, 6.45) is 0. The van der Waals surface area contributed by atoms with Crippen molar-refractivity contribution in [1.29, 1.82) is 0 Å². The van der Waals surface area contributed by atoms with Crippen LogP contribution in [-0.2, 0) is 18.4 Å². The van der Waals surface area contributed by atoms with E-state index in [-0.39, 0.29) is 0 Å². The van der Waals surface area contributed by atoms with E-state index in [9.17, 15) is 4.46 Å². The minimum absolute atomic E-state index is 1.27. The third kappa shape index (κ3) is 3.41.